The lowest BCUT2D eigenvalue weighted by Gasteiger charge is -2.05. The Morgan fingerprint density at radius 3 is 1.76 bits per heavy atom. The van der Waals surface area contributed by atoms with Gasteiger partial charge in [-0.1, -0.05) is 51.9 Å². The molecule has 0 atom stereocenters. The minimum absolute atomic E-state index is 0.234. The van der Waals surface area contributed by atoms with E-state index in [1.165, 1.54) is 51.4 Å². The van der Waals surface area contributed by atoms with Crippen LogP contribution in [0.25, 0.3) is 0 Å². The van der Waals surface area contributed by atoms with Crippen LogP contribution in [0.3, 0.4) is 0 Å². The highest BCUT2D eigenvalue weighted by atomic mass is 16.3. The van der Waals surface area contributed by atoms with Crippen molar-refractivity contribution in [3.05, 3.63) is 0 Å². The molecule has 0 aliphatic heterocycles. The standard InChI is InChI=1S/C14H32N2O/c1-2-3-4-5-6-7-8-9-10-15-11-12-16-13-14-17/h15-17H,2-14H2,1H3. The third-order valence-electron chi connectivity index (χ3n) is 2.97. The number of hydrogen-bond donors (Lipinski definition) is 3. The van der Waals surface area contributed by atoms with Crippen LogP contribution in [-0.2, 0) is 0 Å². The molecule has 0 unspecified atom stereocenters. The fraction of sp³-hybridized carbons (Fsp3) is 1.00. The summed E-state index contributed by atoms with van der Waals surface area (Å²) in [7, 11) is 0. The van der Waals surface area contributed by atoms with Crippen molar-refractivity contribution in [3.63, 3.8) is 0 Å². The summed E-state index contributed by atoms with van der Waals surface area (Å²) in [4.78, 5) is 0. The molecule has 0 fully saturated rings. The summed E-state index contributed by atoms with van der Waals surface area (Å²) in [5.74, 6) is 0. The van der Waals surface area contributed by atoms with Crippen molar-refractivity contribution in [2.45, 2.75) is 58.3 Å². The summed E-state index contributed by atoms with van der Waals surface area (Å²) in [6.07, 6.45) is 11.1. The normalized spacial score (nSPS) is 10.9. The van der Waals surface area contributed by atoms with Gasteiger partial charge in [-0.25, -0.2) is 0 Å². The van der Waals surface area contributed by atoms with Gasteiger partial charge in [-0.2, -0.15) is 0 Å². The smallest absolute Gasteiger partial charge is 0.0555 e. The first-order valence-corrected chi connectivity index (χ1v) is 7.44. The molecule has 17 heavy (non-hydrogen) atoms. The molecule has 3 heteroatoms. The maximum absolute atomic E-state index is 8.56. The zero-order valence-electron chi connectivity index (χ0n) is 11.6. The van der Waals surface area contributed by atoms with E-state index in [4.69, 9.17) is 5.11 Å². The van der Waals surface area contributed by atoms with Crippen LogP contribution in [0.2, 0.25) is 0 Å². The Hall–Kier alpha value is -0.120. The monoisotopic (exact) mass is 244 g/mol. The van der Waals surface area contributed by atoms with Crippen LogP contribution in [0.1, 0.15) is 58.3 Å². The second-order valence-electron chi connectivity index (χ2n) is 4.70. The molecule has 0 aromatic rings. The Balaban J connectivity index is 2.85. The number of rotatable bonds is 14. The summed E-state index contributed by atoms with van der Waals surface area (Å²) in [5, 5.41) is 15.1. The van der Waals surface area contributed by atoms with E-state index in [2.05, 4.69) is 17.6 Å². The molecule has 0 radical (unpaired) electrons. The van der Waals surface area contributed by atoms with E-state index in [1.807, 2.05) is 0 Å². The van der Waals surface area contributed by atoms with Crippen molar-refractivity contribution in [3.8, 4) is 0 Å². The molecule has 0 rings (SSSR count). The van der Waals surface area contributed by atoms with E-state index in [9.17, 15) is 0 Å². The predicted molar refractivity (Wildman–Crippen MR) is 75.4 cm³/mol. The fourth-order valence-electron chi connectivity index (χ4n) is 1.89. The zero-order valence-corrected chi connectivity index (χ0v) is 11.6. The fourth-order valence-corrected chi connectivity index (χ4v) is 1.89. The van der Waals surface area contributed by atoms with Crippen molar-refractivity contribution < 1.29 is 5.11 Å². The summed E-state index contributed by atoms with van der Waals surface area (Å²) in [6.45, 7) is 6.31. The first-order valence-electron chi connectivity index (χ1n) is 7.44. The van der Waals surface area contributed by atoms with Gasteiger partial charge in [0.25, 0.3) is 0 Å². The first kappa shape index (κ1) is 16.9. The highest BCUT2D eigenvalue weighted by Gasteiger charge is 1.91. The molecule has 3 N–H and O–H groups in total. The molecular formula is C14H32N2O. The van der Waals surface area contributed by atoms with Crippen LogP contribution in [0.5, 0.6) is 0 Å². The minimum Gasteiger partial charge on any atom is -0.395 e. The number of hydrogen-bond acceptors (Lipinski definition) is 3. The first-order chi connectivity index (χ1) is 8.41. The SMILES string of the molecule is CCCCCCCCCCNCCNCCO. The van der Waals surface area contributed by atoms with E-state index in [0.717, 1.165) is 19.6 Å². The van der Waals surface area contributed by atoms with Gasteiger partial charge in [0.05, 0.1) is 6.61 Å². The van der Waals surface area contributed by atoms with Gasteiger partial charge in [0.15, 0.2) is 0 Å². The Labute approximate surface area is 107 Å². The topological polar surface area (TPSA) is 44.3 Å². The lowest BCUT2D eigenvalue weighted by Crippen LogP contribution is -2.29. The van der Waals surface area contributed by atoms with Crippen LogP contribution in [0, 0.1) is 0 Å². The molecule has 0 amide bonds. The molecule has 0 saturated heterocycles. The molecule has 0 saturated carbocycles. The maximum atomic E-state index is 8.56. The van der Waals surface area contributed by atoms with Gasteiger partial charge in [-0.05, 0) is 13.0 Å². The maximum Gasteiger partial charge on any atom is 0.0555 e. The van der Waals surface area contributed by atoms with Crippen molar-refractivity contribution >= 4 is 0 Å². The average molecular weight is 244 g/mol. The highest BCUT2D eigenvalue weighted by Crippen LogP contribution is 2.07. The third-order valence-corrected chi connectivity index (χ3v) is 2.97. The minimum atomic E-state index is 0.234. The number of unbranched alkanes of at least 4 members (excludes halogenated alkanes) is 7. The van der Waals surface area contributed by atoms with Crippen LogP contribution in [-0.4, -0.2) is 37.9 Å². The molecular weight excluding hydrogens is 212 g/mol. The molecule has 0 heterocycles. The molecule has 0 bridgehead atoms. The van der Waals surface area contributed by atoms with Gasteiger partial charge >= 0.3 is 0 Å². The highest BCUT2D eigenvalue weighted by molar-refractivity contribution is 4.53. The molecule has 0 aromatic carbocycles. The number of nitrogens with one attached hydrogen (secondary N) is 2. The lowest BCUT2D eigenvalue weighted by molar-refractivity contribution is 0.292. The van der Waals surface area contributed by atoms with E-state index >= 15 is 0 Å². The van der Waals surface area contributed by atoms with Crippen LogP contribution < -0.4 is 10.6 Å². The van der Waals surface area contributed by atoms with E-state index in [1.54, 1.807) is 0 Å². The predicted octanol–water partition coefficient (Wildman–Crippen LogP) is 2.30. The summed E-state index contributed by atoms with van der Waals surface area (Å²) >= 11 is 0. The van der Waals surface area contributed by atoms with Gasteiger partial charge in [0.2, 0.25) is 0 Å². The van der Waals surface area contributed by atoms with Crippen molar-refractivity contribution in [2.75, 3.05) is 32.8 Å². The third kappa shape index (κ3) is 15.9. The van der Waals surface area contributed by atoms with Gasteiger partial charge < -0.3 is 15.7 Å². The number of aliphatic hydroxyl groups is 1. The van der Waals surface area contributed by atoms with Gasteiger partial charge in [0, 0.05) is 19.6 Å². The van der Waals surface area contributed by atoms with Crippen molar-refractivity contribution in [2.24, 2.45) is 0 Å². The Bertz CT molecular complexity index is 117. The van der Waals surface area contributed by atoms with Crippen LogP contribution >= 0.6 is 0 Å². The lowest BCUT2D eigenvalue weighted by atomic mass is 10.1. The van der Waals surface area contributed by atoms with Crippen molar-refractivity contribution in [1.29, 1.82) is 0 Å². The molecule has 0 aliphatic carbocycles. The van der Waals surface area contributed by atoms with Crippen molar-refractivity contribution in [1.82, 2.24) is 10.6 Å². The van der Waals surface area contributed by atoms with Gasteiger partial charge in [-0.3, -0.25) is 0 Å². The quantitative estimate of drug-likeness (QED) is 0.411. The Kier molecular flexibility index (Phi) is 15.8. The molecule has 0 aromatic heterocycles. The molecule has 0 aliphatic rings. The summed E-state index contributed by atoms with van der Waals surface area (Å²) in [5.41, 5.74) is 0. The van der Waals surface area contributed by atoms with Crippen LogP contribution in [0.4, 0.5) is 0 Å². The van der Waals surface area contributed by atoms with E-state index in [-0.39, 0.29) is 6.61 Å². The van der Waals surface area contributed by atoms with E-state index in [0.29, 0.717) is 6.54 Å². The summed E-state index contributed by atoms with van der Waals surface area (Å²) in [6, 6.07) is 0. The van der Waals surface area contributed by atoms with E-state index < -0.39 is 0 Å². The Morgan fingerprint density at radius 1 is 0.647 bits per heavy atom. The molecule has 104 valence electrons. The largest absolute Gasteiger partial charge is 0.395 e. The second kappa shape index (κ2) is 15.9. The number of aliphatic hydroxyl groups excluding tert-OH is 1. The van der Waals surface area contributed by atoms with Crippen LogP contribution in [0.15, 0.2) is 0 Å². The van der Waals surface area contributed by atoms with Gasteiger partial charge in [-0.15, -0.1) is 0 Å². The molecule has 3 nitrogen and oxygen atoms in total. The second-order valence-corrected chi connectivity index (χ2v) is 4.70. The molecule has 0 spiro atoms. The summed E-state index contributed by atoms with van der Waals surface area (Å²) < 4.78 is 0. The zero-order chi connectivity index (χ0) is 12.6. The van der Waals surface area contributed by atoms with Gasteiger partial charge in [0.1, 0.15) is 0 Å². The average Bonchev–Trinajstić information content (AvgIpc) is 2.35. The Morgan fingerprint density at radius 2 is 1.18 bits per heavy atom.